The number of benzene rings is 1. The number of halogens is 1. The predicted molar refractivity (Wildman–Crippen MR) is 94.0 cm³/mol. The van der Waals surface area contributed by atoms with E-state index in [0.717, 1.165) is 12.0 Å². The van der Waals surface area contributed by atoms with Gasteiger partial charge in [0.1, 0.15) is 11.6 Å². The summed E-state index contributed by atoms with van der Waals surface area (Å²) in [4.78, 5) is 26.4. The number of likely N-dealkylation sites (tertiary alicyclic amines) is 1. The van der Waals surface area contributed by atoms with Gasteiger partial charge in [0, 0.05) is 11.6 Å². The first kappa shape index (κ1) is 18.6. The molecule has 0 spiro atoms. The number of carbonyl (C=O) groups is 2. The number of amides is 2. The van der Waals surface area contributed by atoms with Crippen LogP contribution in [0.2, 0.25) is 5.02 Å². The molecule has 0 radical (unpaired) electrons. The molecular formula is C18H25ClN2O3. The Bertz CT molecular complexity index is 595. The summed E-state index contributed by atoms with van der Waals surface area (Å²) < 4.78 is 5.40. The van der Waals surface area contributed by atoms with Crippen molar-refractivity contribution in [3.8, 4) is 0 Å². The lowest BCUT2D eigenvalue weighted by Gasteiger charge is -2.28. The third-order valence-corrected chi connectivity index (χ3v) is 4.16. The molecule has 1 aliphatic heterocycles. The van der Waals surface area contributed by atoms with Crippen LogP contribution in [0, 0.1) is 0 Å². The molecule has 1 fully saturated rings. The summed E-state index contributed by atoms with van der Waals surface area (Å²) in [6.45, 7) is 7.91. The highest BCUT2D eigenvalue weighted by Gasteiger charge is 2.36. The maximum atomic E-state index is 12.6. The van der Waals surface area contributed by atoms with Crippen molar-refractivity contribution in [2.45, 2.75) is 58.2 Å². The van der Waals surface area contributed by atoms with Gasteiger partial charge in [0.2, 0.25) is 5.91 Å². The van der Waals surface area contributed by atoms with Gasteiger partial charge in [-0.1, -0.05) is 23.7 Å². The fraction of sp³-hybridized carbons (Fsp3) is 0.556. The largest absolute Gasteiger partial charge is 0.444 e. The van der Waals surface area contributed by atoms with E-state index in [9.17, 15) is 9.59 Å². The summed E-state index contributed by atoms with van der Waals surface area (Å²) in [5.74, 6) is -0.152. The monoisotopic (exact) mass is 352 g/mol. The number of nitrogens with one attached hydrogen (secondary N) is 1. The Morgan fingerprint density at radius 1 is 1.29 bits per heavy atom. The molecule has 0 bridgehead atoms. The van der Waals surface area contributed by atoms with Crippen LogP contribution in [0.3, 0.4) is 0 Å². The average molecular weight is 353 g/mol. The van der Waals surface area contributed by atoms with Crippen molar-refractivity contribution in [2.75, 3.05) is 6.54 Å². The van der Waals surface area contributed by atoms with Crippen molar-refractivity contribution in [1.29, 1.82) is 0 Å². The van der Waals surface area contributed by atoms with Crippen molar-refractivity contribution in [2.24, 2.45) is 0 Å². The van der Waals surface area contributed by atoms with Crippen LogP contribution in [-0.2, 0) is 9.53 Å². The van der Waals surface area contributed by atoms with Gasteiger partial charge in [-0.25, -0.2) is 4.79 Å². The van der Waals surface area contributed by atoms with E-state index in [1.807, 2.05) is 39.8 Å². The van der Waals surface area contributed by atoms with Crippen molar-refractivity contribution < 1.29 is 14.3 Å². The van der Waals surface area contributed by atoms with Gasteiger partial charge in [0.15, 0.2) is 0 Å². The van der Waals surface area contributed by atoms with E-state index < -0.39 is 17.7 Å². The Labute approximate surface area is 148 Å². The number of nitrogens with zero attached hydrogens (tertiary/aromatic N) is 1. The minimum absolute atomic E-state index is 0.152. The normalized spacial score (nSPS) is 19.0. The molecule has 1 aromatic rings. The fourth-order valence-corrected chi connectivity index (χ4v) is 2.85. The second-order valence-electron chi connectivity index (χ2n) is 7.11. The van der Waals surface area contributed by atoms with E-state index in [1.165, 1.54) is 4.90 Å². The van der Waals surface area contributed by atoms with Gasteiger partial charge >= 0.3 is 6.09 Å². The second-order valence-corrected chi connectivity index (χ2v) is 7.55. The predicted octanol–water partition coefficient (Wildman–Crippen LogP) is 3.92. The molecule has 1 N–H and O–H groups in total. The van der Waals surface area contributed by atoms with Crippen LogP contribution in [-0.4, -0.2) is 35.1 Å². The van der Waals surface area contributed by atoms with Crippen LogP contribution in [0.4, 0.5) is 4.79 Å². The summed E-state index contributed by atoms with van der Waals surface area (Å²) in [5.41, 5.74) is 0.395. The van der Waals surface area contributed by atoms with E-state index in [4.69, 9.17) is 16.3 Å². The van der Waals surface area contributed by atoms with Crippen molar-refractivity contribution >= 4 is 23.6 Å². The van der Waals surface area contributed by atoms with E-state index in [2.05, 4.69) is 5.32 Å². The number of carbonyl (C=O) groups excluding carboxylic acids is 2. The van der Waals surface area contributed by atoms with Gasteiger partial charge < -0.3 is 10.1 Å². The lowest BCUT2D eigenvalue weighted by molar-refractivity contribution is -0.126. The van der Waals surface area contributed by atoms with Crippen LogP contribution in [0.5, 0.6) is 0 Å². The minimum Gasteiger partial charge on any atom is -0.444 e. The average Bonchev–Trinajstić information content (AvgIpc) is 2.95. The molecule has 1 aromatic carbocycles. The van der Waals surface area contributed by atoms with E-state index in [1.54, 1.807) is 12.1 Å². The van der Waals surface area contributed by atoms with Crippen LogP contribution >= 0.6 is 11.6 Å². The minimum atomic E-state index is -0.572. The molecule has 5 nitrogen and oxygen atoms in total. The highest BCUT2D eigenvalue weighted by atomic mass is 35.5. The Hall–Kier alpha value is -1.75. The molecule has 2 amide bonds. The summed E-state index contributed by atoms with van der Waals surface area (Å²) in [6, 6.07) is 6.72. The van der Waals surface area contributed by atoms with Gasteiger partial charge in [0.05, 0.1) is 6.04 Å². The number of hydrogen-bond acceptors (Lipinski definition) is 3. The molecule has 1 aliphatic rings. The van der Waals surface area contributed by atoms with Crippen molar-refractivity contribution in [3.63, 3.8) is 0 Å². The fourth-order valence-electron chi connectivity index (χ4n) is 2.72. The standard InChI is InChI=1S/C18H25ClN2O3/c1-12(13-7-9-14(19)10-8-13)20-16(22)15-6-5-11-21(15)17(23)24-18(2,3)4/h7-10,12,15H,5-6,11H2,1-4H3,(H,20,22)/t12-,15+/m0/s1. The lowest BCUT2D eigenvalue weighted by Crippen LogP contribution is -2.48. The Morgan fingerprint density at radius 3 is 2.50 bits per heavy atom. The Balaban J connectivity index is 2.00. The van der Waals surface area contributed by atoms with Gasteiger partial charge in [-0.3, -0.25) is 9.69 Å². The van der Waals surface area contributed by atoms with Gasteiger partial charge in [-0.2, -0.15) is 0 Å². The Kier molecular flexibility index (Phi) is 5.75. The molecule has 1 heterocycles. The molecule has 24 heavy (non-hydrogen) atoms. The van der Waals surface area contributed by atoms with E-state index >= 15 is 0 Å². The van der Waals surface area contributed by atoms with E-state index in [-0.39, 0.29) is 11.9 Å². The zero-order valence-corrected chi connectivity index (χ0v) is 15.4. The van der Waals surface area contributed by atoms with Crippen LogP contribution < -0.4 is 5.32 Å². The SMILES string of the molecule is C[C@H](NC(=O)[C@H]1CCCN1C(=O)OC(C)(C)C)c1ccc(Cl)cc1. The first-order valence-electron chi connectivity index (χ1n) is 8.23. The van der Waals surface area contributed by atoms with Crippen molar-refractivity contribution in [3.05, 3.63) is 34.9 Å². The van der Waals surface area contributed by atoms with Gasteiger partial charge in [-0.05, 0) is 58.2 Å². The smallest absolute Gasteiger partial charge is 0.410 e. The quantitative estimate of drug-likeness (QED) is 0.897. The van der Waals surface area contributed by atoms with E-state index in [0.29, 0.717) is 18.0 Å². The molecule has 0 saturated carbocycles. The third kappa shape index (κ3) is 4.87. The number of rotatable bonds is 3. The molecule has 2 atom stereocenters. The summed E-state index contributed by atoms with van der Waals surface area (Å²) in [7, 11) is 0. The number of hydrogen-bond donors (Lipinski definition) is 1. The summed E-state index contributed by atoms with van der Waals surface area (Å²) in [6.07, 6.45) is 1.02. The van der Waals surface area contributed by atoms with Crippen LogP contribution in [0.25, 0.3) is 0 Å². The van der Waals surface area contributed by atoms with Crippen LogP contribution in [0.1, 0.15) is 52.1 Å². The first-order chi connectivity index (χ1) is 11.2. The topological polar surface area (TPSA) is 58.6 Å². The molecule has 0 unspecified atom stereocenters. The molecule has 1 saturated heterocycles. The maximum Gasteiger partial charge on any atom is 0.410 e. The molecule has 0 aromatic heterocycles. The number of ether oxygens (including phenoxy) is 1. The third-order valence-electron chi connectivity index (χ3n) is 3.91. The highest BCUT2D eigenvalue weighted by molar-refractivity contribution is 6.30. The molecule has 132 valence electrons. The Morgan fingerprint density at radius 2 is 1.92 bits per heavy atom. The maximum absolute atomic E-state index is 12.6. The van der Waals surface area contributed by atoms with Crippen molar-refractivity contribution in [1.82, 2.24) is 10.2 Å². The molecule has 0 aliphatic carbocycles. The summed E-state index contributed by atoms with van der Waals surface area (Å²) >= 11 is 5.89. The lowest BCUT2D eigenvalue weighted by atomic mass is 10.1. The molecular weight excluding hydrogens is 328 g/mol. The zero-order valence-electron chi connectivity index (χ0n) is 14.6. The second kappa shape index (κ2) is 7.43. The van der Waals surface area contributed by atoms with Gasteiger partial charge in [0.25, 0.3) is 0 Å². The molecule has 2 rings (SSSR count). The van der Waals surface area contributed by atoms with Crippen LogP contribution in [0.15, 0.2) is 24.3 Å². The first-order valence-corrected chi connectivity index (χ1v) is 8.60. The van der Waals surface area contributed by atoms with Gasteiger partial charge in [-0.15, -0.1) is 0 Å². The summed E-state index contributed by atoms with van der Waals surface area (Å²) in [5, 5.41) is 3.63. The zero-order chi connectivity index (χ0) is 17.9. The highest BCUT2D eigenvalue weighted by Crippen LogP contribution is 2.22. The molecule has 6 heteroatoms.